The van der Waals surface area contributed by atoms with Crippen molar-refractivity contribution in [3.8, 4) is 0 Å². The third-order valence-corrected chi connectivity index (χ3v) is 6.82. The first-order valence-corrected chi connectivity index (χ1v) is 11.2. The Kier molecular flexibility index (Phi) is 6.35. The van der Waals surface area contributed by atoms with Crippen molar-refractivity contribution < 1.29 is 19.7 Å². The third-order valence-electron chi connectivity index (χ3n) is 5.66. The number of anilines is 1. The lowest BCUT2D eigenvalue weighted by atomic mass is 10.0. The molecule has 0 unspecified atom stereocenters. The molecule has 0 spiro atoms. The predicted molar refractivity (Wildman–Crippen MR) is 118 cm³/mol. The molecule has 1 saturated heterocycles. The number of nitro groups is 1. The number of hydrogen-bond donors (Lipinski definition) is 1. The minimum atomic E-state index is -1.35. The predicted octanol–water partition coefficient (Wildman–Crippen LogP) is 1.10. The summed E-state index contributed by atoms with van der Waals surface area (Å²) < 4.78 is 5.83. The molecule has 0 radical (unpaired) electrons. The minimum absolute atomic E-state index is 0.125. The smallest absolute Gasteiger partial charge is 0.274 e. The number of hydrogen-bond acceptors (Lipinski definition) is 7. The van der Waals surface area contributed by atoms with Crippen molar-refractivity contribution in [3.63, 3.8) is 0 Å². The molecule has 1 aliphatic rings. The molecule has 10 heteroatoms. The summed E-state index contributed by atoms with van der Waals surface area (Å²) in [6, 6.07) is 11.0. The number of aliphatic carboxylic acids is 1. The first-order valence-electron chi connectivity index (χ1n) is 10.0. The average Bonchev–Trinajstić information content (AvgIpc) is 3.18. The van der Waals surface area contributed by atoms with Crippen LogP contribution in [0.4, 0.5) is 11.5 Å². The lowest BCUT2D eigenvalue weighted by Crippen LogP contribution is -3.15. The Bertz CT molecular complexity index is 1130. The van der Waals surface area contributed by atoms with Crippen LogP contribution in [0.2, 0.25) is 5.02 Å². The zero-order valence-electron chi connectivity index (χ0n) is 16.7. The van der Waals surface area contributed by atoms with Crippen molar-refractivity contribution in [3.05, 3.63) is 62.7 Å². The third kappa shape index (κ3) is 4.79. The second-order valence-electron chi connectivity index (χ2n) is 7.62. The van der Waals surface area contributed by atoms with E-state index in [1.807, 2.05) is 12.1 Å². The Morgan fingerprint density at radius 1 is 1.23 bits per heavy atom. The van der Waals surface area contributed by atoms with Gasteiger partial charge in [0, 0.05) is 35.8 Å². The van der Waals surface area contributed by atoms with E-state index in [0.29, 0.717) is 11.4 Å². The van der Waals surface area contributed by atoms with Crippen molar-refractivity contribution in [1.29, 1.82) is 0 Å². The van der Waals surface area contributed by atoms with Crippen LogP contribution >= 0.6 is 23.1 Å². The number of benzene rings is 2. The molecule has 0 aliphatic carbocycles. The number of fused-ring (bicyclic) bond motifs is 1. The van der Waals surface area contributed by atoms with E-state index in [9.17, 15) is 20.0 Å². The standard InChI is InChI=1S/C21H21ClN4O4S/c22-17-13-18(26(29)30)15(12-20(27)28)11-14(17)5-6-24-7-9-25(10-8-24)21-16-3-1-2-4-19(16)31-23-21/h1-4,11,13H,5-10,12H2,(H,27,28). The summed E-state index contributed by atoms with van der Waals surface area (Å²) in [6.07, 6.45) is 0.111. The molecule has 4 rings (SSSR count). The van der Waals surface area contributed by atoms with Gasteiger partial charge < -0.3 is 19.7 Å². The van der Waals surface area contributed by atoms with E-state index in [1.165, 1.54) is 38.7 Å². The summed E-state index contributed by atoms with van der Waals surface area (Å²) >= 11 is 7.77. The molecule has 1 aliphatic heterocycles. The highest BCUT2D eigenvalue weighted by molar-refractivity contribution is 7.13. The SMILES string of the molecule is O=C([O-])Cc1cc(CC[NH+]2CCN(c3nsc4ccccc34)CC2)c(Cl)cc1[N+](=O)[O-]. The van der Waals surface area contributed by atoms with E-state index >= 15 is 0 Å². The molecule has 31 heavy (non-hydrogen) atoms. The van der Waals surface area contributed by atoms with Crippen LogP contribution in [0.25, 0.3) is 10.1 Å². The number of carboxylic acids is 1. The summed E-state index contributed by atoms with van der Waals surface area (Å²) in [4.78, 5) is 25.3. The highest BCUT2D eigenvalue weighted by Gasteiger charge is 2.24. The Hall–Kier alpha value is -2.75. The van der Waals surface area contributed by atoms with Gasteiger partial charge in [0.25, 0.3) is 5.69 Å². The number of quaternary nitrogens is 1. The number of nitrogens with zero attached hydrogens (tertiary/aromatic N) is 3. The van der Waals surface area contributed by atoms with Crippen molar-refractivity contribution in [2.24, 2.45) is 0 Å². The zero-order valence-corrected chi connectivity index (χ0v) is 18.2. The number of piperazine rings is 1. The molecule has 0 atom stereocenters. The number of carbonyl (C=O) groups excluding carboxylic acids is 1. The topological polar surface area (TPSA) is 104 Å². The second-order valence-corrected chi connectivity index (χ2v) is 8.83. The number of aromatic nitrogens is 1. The Morgan fingerprint density at radius 2 is 1.97 bits per heavy atom. The molecular formula is C21H21ClN4O4S. The molecule has 3 aromatic rings. The van der Waals surface area contributed by atoms with Crippen LogP contribution in [0.1, 0.15) is 11.1 Å². The van der Waals surface area contributed by atoms with E-state index in [4.69, 9.17) is 11.6 Å². The fourth-order valence-corrected chi connectivity index (χ4v) is 5.06. The number of halogens is 1. The highest BCUT2D eigenvalue weighted by Crippen LogP contribution is 2.29. The fourth-order valence-electron chi connectivity index (χ4n) is 4.01. The molecule has 1 N–H and O–H groups in total. The van der Waals surface area contributed by atoms with E-state index in [-0.39, 0.29) is 11.3 Å². The van der Waals surface area contributed by atoms with Gasteiger partial charge >= 0.3 is 0 Å². The number of nitrogens with one attached hydrogen (secondary N) is 1. The van der Waals surface area contributed by atoms with E-state index in [0.717, 1.165) is 44.1 Å². The van der Waals surface area contributed by atoms with Crippen LogP contribution in [0, 0.1) is 10.1 Å². The van der Waals surface area contributed by atoms with Gasteiger partial charge in [0.15, 0.2) is 5.82 Å². The molecular weight excluding hydrogens is 440 g/mol. The number of rotatable bonds is 7. The van der Waals surface area contributed by atoms with Crippen molar-refractivity contribution in [2.45, 2.75) is 12.8 Å². The van der Waals surface area contributed by atoms with Gasteiger partial charge in [-0.05, 0) is 35.3 Å². The molecule has 1 aromatic heterocycles. The normalized spacial score (nSPS) is 14.8. The van der Waals surface area contributed by atoms with Crippen LogP contribution in [0.5, 0.6) is 0 Å². The van der Waals surface area contributed by atoms with Gasteiger partial charge in [-0.2, -0.15) is 4.37 Å². The maximum absolute atomic E-state index is 11.2. The second kappa shape index (κ2) is 9.17. The summed E-state index contributed by atoms with van der Waals surface area (Å²) in [7, 11) is 0. The van der Waals surface area contributed by atoms with Gasteiger partial charge in [-0.1, -0.05) is 23.7 Å². The van der Waals surface area contributed by atoms with Gasteiger partial charge in [-0.15, -0.1) is 0 Å². The largest absolute Gasteiger partial charge is 0.550 e. The van der Waals surface area contributed by atoms with Crippen molar-refractivity contribution >= 4 is 50.7 Å². The van der Waals surface area contributed by atoms with E-state index in [2.05, 4.69) is 21.4 Å². The van der Waals surface area contributed by atoms with E-state index in [1.54, 1.807) is 0 Å². The molecule has 8 nitrogen and oxygen atoms in total. The van der Waals surface area contributed by atoms with Crippen LogP contribution in [-0.4, -0.2) is 48.0 Å². The Morgan fingerprint density at radius 3 is 2.68 bits per heavy atom. The molecule has 0 saturated carbocycles. The molecule has 0 amide bonds. The maximum Gasteiger partial charge on any atom is 0.274 e. The van der Waals surface area contributed by atoms with Gasteiger partial charge in [0.05, 0.1) is 47.4 Å². The van der Waals surface area contributed by atoms with Crippen LogP contribution < -0.4 is 14.9 Å². The van der Waals surface area contributed by atoms with Crippen LogP contribution in [-0.2, 0) is 17.6 Å². The highest BCUT2D eigenvalue weighted by atomic mass is 35.5. The fraction of sp³-hybridized carbons (Fsp3) is 0.333. The average molecular weight is 461 g/mol. The molecule has 0 bridgehead atoms. The molecule has 2 heterocycles. The summed E-state index contributed by atoms with van der Waals surface area (Å²) in [5, 5.41) is 23.7. The molecule has 1 fully saturated rings. The van der Waals surface area contributed by atoms with Crippen molar-refractivity contribution in [2.75, 3.05) is 37.6 Å². The van der Waals surface area contributed by atoms with E-state index < -0.39 is 17.3 Å². The number of nitro benzene ring substituents is 1. The quantitative estimate of drug-likeness (QED) is 0.418. The summed E-state index contributed by atoms with van der Waals surface area (Å²) in [5.74, 6) is -0.308. The Labute approximate surface area is 188 Å². The number of carbonyl (C=O) groups is 1. The number of carboxylic acid groups (broad SMARTS) is 1. The zero-order chi connectivity index (χ0) is 22.0. The first-order chi connectivity index (χ1) is 14.9. The van der Waals surface area contributed by atoms with Gasteiger partial charge in [-0.25, -0.2) is 0 Å². The first kappa shape index (κ1) is 21.5. The van der Waals surface area contributed by atoms with Crippen LogP contribution in [0.15, 0.2) is 36.4 Å². The maximum atomic E-state index is 11.2. The van der Waals surface area contributed by atoms with Gasteiger partial charge in [-0.3, -0.25) is 10.1 Å². The molecule has 2 aromatic carbocycles. The van der Waals surface area contributed by atoms with Gasteiger partial charge in [0.1, 0.15) is 0 Å². The molecule has 162 valence electrons. The lowest BCUT2D eigenvalue weighted by Gasteiger charge is -2.32. The van der Waals surface area contributed by atoms with Crippen LogP contribution in [0.3, 0.4) is 0 Å². The summed E-state index contributed by atoms with van der Waals surface area (Å²) in [5.41, 5.74) is 0.568. The monoisotopic (exact) mass is 460 g/mol. The minimum Gasteiger partial charge on any atom is -0.550 e. The van der Waals surface area contributed by atoms with Crippen molar-refractivity contribution in [1.82, 2.24) is 4.37 Å². The Balaban J connectivity index is 1.39. The van der Waals surface area contributed by atoms with Gasteiger partial charge in [0.2, 0.25) is 0 Å². The summed E-state index contributed by atoms with van der Waals surface area (Å²) in [6.45, 7) is 4.50. The lowest BCUT2D eigenvalue weighted by molar-refractivity contribution is -0.900.